The summed E-state index contributed by atoms with van der Waals surface area (Å²) in [6.45, 7) is 7.52. The predicted octanol–water partition coefficient (Wildman–Crippen LogP) is 4.23. The maximum Gasteiger partial charge on any atom is 0.131 e. The lowest BCUT2D eigenvalue weighted by Gasteiger charge is -2.12. The zero-order valence-electron chi connectivity index (χ0n) is 13.3. The van der Waals surface area contributed by atoms with E-state index >= 15 is 0 Å². The first-order valence-corrected chi connectivity index (χ1v) is 8.06. The first-order valence-electron chi connectivity index (χ1n) is 8.06. The van der Waals surface area contributed by atoms with Gasteiger partial charge in [-0.05, 0) is 30.2 Å². The van der Waals surface area contributed by atoms with Crippen LogP contribution in [0.3, 0.4) is 0 Å². The number of rotatable bonds is 5. The van der Waals surface area contributed by atoms with Gasteiger partial charge in [-0.15, -0.1) is 0 Å². The molecule has 3 nitrogen and oxygen atoms in total. The zero-order valence-corrected chi connectivity index (χ0v) is 13.3. The molecule has 0 atom stereocenters. The van der Waals surface area contributed by atoms with Crippen molar-refractivity contribution in [2.75, 3.05) is 5.73 Å². The fraction of sp³-hybridized carbons (Fsp3) is 0.500. The van der Waals surface area contributed by atoms with Crippen LogP contribution in [0.4, 0.5) is 5.82 Å². The highest BCUT2D eigenvalue weighted by Gasteiger charge is 2.28. The summed E-state index contributed by atoms with van der Waals surface area (Å²) in [6, 6.07) is 8.62. The average molecular weight is 283 g/mol. The van der Waals surface area contributed by atoms with Gasteiger partial charge in [0.25, 0.3) is 0 Å². The lowest BCUT2D eigenvalue weighted by molar-refractivity contribution is 0.513. The SMILES string of the molecule is CCc1nc(-c2ccccc2C2CC2)c(N)n1CC(C)C. The summed E-state index contributed by atoms with van der Waals surface area (Å²) in [5, 5.41) is 0. The Morgan fingerprint density at radius 2 is 2.00 bits per heavy atom. The molecule has 21 heavy (non-hydrogen) atoms. The van der Waals surface area contributed by atoms with E-state index in [9.17, 15) is 0 Å². The van der Waals surface area contributed by atoms with Crippen LogP contribution in [0, 0.1) is 5.92 Å². The lowest BCUT2D eigenvalue weighted by Crippen LogP contribution is -2.11. The molecule has 1 aromatic heterocycles. The summed E-state index contributed by atoms with van der Waals surface area (Å²) < 4.78 is 2.20. The van der Waals surface area contributed by atoms with Crippen LogP contribution in [-0.2, 0) is 13.0 Å². The van der Waals surface area contributed by atoms with Gasteiger partial charge in [0.1, 0.15) is 17.3 Å². The molecule has 0 bridgehead atoms. The van der Waals surface area contributed by atoms with Gasteiger partial charge in [-0.2, -0.15) is 0 Å². The molecule has 3 heteroatoms. The van der Waals surface area contributed by atoms with Gasteiger partial charge < -0.3 is 10.3 Å². The van der Waals surface area contributed by atoms with E-state index in [0.29, 0.717) is 11.8 Å². The molecule has 0 spiro atoms. The van der Waals surface area contributed by atoms with Gasteiger partial charge in [0, 0.05) is 18.5 Å². The Hall–Kier alpha value is -1.77. The zero-order chi connectivity index (χ0) is 15.0. The molecular formula is C18H25N3. The summed E-state index contributed by atoms with van der Waals surface area (Å²) in [6.07, 6.45) is 3.51. The van der Waals surface area contributed by atoms with Crippen molar-refractivity contribution in [2.24, 2.45) is 5.92 Å². The van der Waals surface area contributed by atoms with Crippen LogP contribution >= 0.6 is 0 Å². The molecule has 1 heterocycles. The van der Waals surface area contributed by atoms with Crippen LogP contribution in [0.5, 0.6) is 0 Å². The van der Waals surface area contributed by atoms with Crippen LogP contribution in [0.2, 0.25) is 0 Å². The Balaban J connectivity index is 2.09. The minimum atomic E-state index is 0.568. The maximum absolute atomic E-state index is 6.45. The van der Waals surface area contributed by atoms with Crippen LogP contribution in [-0.4, -0.2) is 9.55 Å². The molecule has 1 fully saturated rings. The molecule has 0 amide bonds. The number of nitrogens with zero attached hydrogens (tertiary/aromatic N) is 2. The third-order valence-electron chi connectivity index (χ3n) is 4.18. The lowest BCUT2D eigenvalue weighted by atomic mass is 10.0. The van der Waals surface area contributed by atoms with Crippen molar-refractivity contribution in [1.82, 2.24) is 9.55 Å². The van der Waals surface area contributed by atoms with Crippen molar-refractivity contribution in [2.45, 2.75) is 52.5 Å². The van der Waals surface area contributed by atoms with Gasteiger partial charge in [-0.25, -0.2) is 4.98 Å². The van der Waals surface area contributed by atoms with Crippen LogP contribution in [0.25, 0.3) is 11.3 Å². The van der Waals surface area contributed by atoms with Gasteiger partial charge in [0.2, 0.25) is 0 Å². The summed E-state index contributed by atoms with van der Waals surface area (Å²) in [5.74, 6) is 3.20. The van der Waals surface area contributed by atoms with E-state index in [1.54, 1.807) is 0 Å². The third kappa shape index (κ3) is 2.69. The largest absolute Gasteiger partial charge is 0.383 e. The number of anilines is 1. The highest BCUT2D eigenvalue weighted by Crippen LogP contribution is 2.45. The van der Waals surface area contributed by atoms with E-state index in [1.807, 2.05) is 0 Å². The van der Waals surface area contributed by atoms with Crippen molar-refractivity contribution in [3.63, 3.8) is 0 Å². The first kappa shape index (κ1) is 14.2. The molecule has 112 valence electrons. The average Bonchev–Trinajstić information content (AvgIpc) is 3.26. The molecule has 1 aliphatic carbocycles. The number of hydrogen-bond donors (Lipinski definition) is 1. The Bertz CT molecular complexity index is 636. The van der Waals surface area contributed by atoms with Gasteiger partial charge >= 0.3 is 0 Å². The maximum atomic E-state index is 6.45. The summed E-state index contributed by atoms with van der Waals surface area (Å²) in [5.41, 5.74) is 10.1. The molecule has 0 aliphatic heterocycles. The molecule has 1 saturated carbocycles. The van der Waals surface area contributed by atoms with E-state index in [1.165, 1.54) is 24.0 Å². The standard InChI is InChI=1S/C18H25N3/c1-4-16-20-17(18(19)21(16)11-12(2)3)15-8-6-5-7-14(15)13-9-10-13/h5-8,12-13H,4,9-11,19H2,1-3H3. The number of nitrogen functional groups attached to an aromatic ring is 1. The molecule has 2 aromatic rings. The van der Waals surface area contributed by atoms with Crippen molar-refractivity contribution >= 4 is 5.82 Å². The first-order chi connectivity index (χ1) is 10.1. The van der Waals surface area contributed by atoms with Gasteiger partial charge in [-0.3, -0.25) is 0 Å². The molecule has 0 saturated heterocycles. The van der Waals surface area contributed by atoms with E-state index in [2.05, 4.69) is 49.6 Å². The Morgan fingerprint density at radius 3 is 2.62 bits per heavy atom. The molecular weight excluding hydrogens is 258 g/mol. The molecule has 1 aliphatic rings. The topological polar surface area (TPSA) is 43.8 Å². The fourth-order valence-electron chi connectivity index (χ4n) is 3.01. The molecule has 0 radical (unpaired) electrons. The van der Waals surface area contributed by atoms with Crippen LogP contribution in [0.15, 0.2) is 24.3 Å². The summed E-state index contributed by atoms with van der Waals surface area (Å²) >= 11 is 0. The number of benzene rings is 1. The number of aromatic nitrogens is 2. The minimum Gasteiger partial charge on any atom is -0.383 e. The molecule has 0 unspecified atom stereocenters. The number of imidazole rings is 1. The summed E-state index contributed by atoms with van der Waals surface area (Å²) in [7, 11) is 0. The van der Waals surface area contributed by atoms with E-state index in [4.69, 9.17) is 10.7 Å². The van der Waals surface area contributed by atoms with Crippen molar-refractivity contribution in [3.8, 4) is 11.3 Å². The van der Waals surface area contributed by atoms with Gasteiger partial charge in [0.05, 0.1) is 0 Å². The Labute approximate surface area is 127 Å². The quantitative estimate of drug-likeness (QED) is 0.892. The molecule has 2 N–H and O–H groups in total. The van der Waals surface area contributed by atoms with E-state index < -0.39 is 0 Å². The van der Waals surface area contributed by atoms with Crippen LogP contribution < -0.4 is 5.73 Å². The van der Waals surface area contributed by atoms with Gasteiger partial charge in [0.15, 0.2) is 0 Å². The monoisotopic (exact) mass is 283 g/mol. The summed E-state index contributed by atoms with van der Waals surface area (Å²) in [4.78, 5) is 4.86. The third-order valence-corrected chi connectivity index (χ3v) is 4.18. The number of aryl methyl sites for hydroxylation is 1. The van der Waals surface area contributed by atoms with Gasteiger partial charge in [-0.1, -0.05) is 45.0 Å². The smallest absolute Gasteiger partial charge is 0.131 e. The van der Waals surface area contributed by atoms with Crippen molar-refractivity contribution in [3.05, 3.63) is 35.7 Å². The second kappa shape index (κ2) is 5.55. The molecule has 1 aromatic carbocycles. The van der Waals surface area contributed by atoms with Crippen molar-refractivity contribution < 1.29 is 0 Å². The normalized spacial score (nSPS) is 14.9. The second-order valence-electron chi connectivity index (χ2n) is 6.48. The Kier molecular flexibility index (Phi) is 3.75. The number of hydrogen-bond acceptors (Lipinski definition) is 2. The van der Waals surface area contributed by atoms with Crippen LogP contribution in [0.1, 0.15) is 50.9 Å². The fourth-order valence-corrected chi connectivity index (χ4v) is 3.01. The van der Waals surface area contributed by atoms with E-state index in [0.717, 1.165) is 30.3 Å². The van der Waals surface area contributed by atoms with E-state index in [-0.39, 0.29) is 0 Å². The minimum absolute atomic E-state index is 0.568. The van der Waals surface area contributed by atoms with Crippen molar-refractivity contribution in [1.29, 1.82) is 0 Å². The second-order valence-corrected chi connectivity index (χ2v) is 6.48. The predicted molar refractivity (Wildman–Crippen MR) is 88.3 cm³/mol. The highest BCUT2D eigenvalue weighted by atomic mass is 15.1. The Morgan fingerprint density at radius 1 is 1.29 bits per heavy atom. The molecule has 3 rings (SSSR count). The number of nitrogens with two attached hydrogens (primary N) is 1. The highest BCUT2D eigenvalue weighted by molar-refractivity contribution is 5.74.